The number of nitrogens with one attached hydrogen (secondary N) is 1. The third-order valence-electron chi connectivity index (χ3n) is 3.51. The number of imidazole rings is 1. The summed E-state index contributed by atoms with van der Waals surface area (Å²) in [5.41, 5.74) is 5.59. The first-order valence-corrected chi connectivity index (χ1v) is 7.98. The molecular formula is C17H14Cl2N4O. The van der Waals surface area contributed by atoms with E-state index in [-0.39, 0.29) is 12.5 Å². The maximum Gasteiger partial charge on any atom is 0.260 e. The monoisotopic (exact) mass is 360 g/mol. The van der Waals surface area contributed by atoms with Crippen LogP contribution in [0.5, 0.6) is 0 Å². The molecule has 0 aliphatic rings. The second kappa shape index (κ2) is 7.03. The molecule has 2 aromatic carbocycles. The van der Waals surface area contributed by atoms with Gasteiger partial charge in [-0.3, -0.25) is 4.79 Å². The number of carbonyl (C=O) groups excluding carboxylic acids is 1. The summed E-state index contributed by atoms with van der Waals surface area (Å²) in [5.74, 6) is -0.248. The molecule has 0 spiro atoms. The van der Waals surface area contributed by atoms with Crippen molar-refractivity contribution >= 4 is 45.9 Å². The number of halogens is 2. The fourth-order valence-corrected chi connectivity index (χ4v) is 2.86. The number of benzene rings is 2. The molecule has 0 radical (unpaired) electrons. The topological polar surface area (TPSA) is 59.3 Å². The first kappa shape index (κ1) is 16.5. The Bertz CT molecular complexity index is 933. The molecule has 3 rings (SSSR count). The zero-order chi connectivity index (χ0) is 17.1. The van der Waals surface area contributed by atoms with Crippen LogP contribution in [0.25, 0.3) is 11.0 Å². The van der Waals surface area contributed by atoms with Gasteiger partial charge in [-0.25, -0.2) is 10.4 Å². The number of nitrogens with zero attached hydrogens (tertiary/aromatic N) is 3. The minimum absolute atomic E-state index is 0.131. The van der Waals surface area contributed by atoms with E-state index in [9.17, 15) is 4.79 Å². The summed E-state index contributed by atoms with van der Waals surface area (Å²) in [4.78, 5) is 16.4. The number of aromatic nitrogens is 2. The molecule has 5 nitrogen and oxygen atoms in total. The van der Waals surface area contributed by atoms with Crippen LogP contribution in [0.15, 0.2) is 53.9 Å². The van der Waals surface area contributed by atoms with Gasteiger partial charge in [0, 0.05) is 10.6 Å². The first-order valence-electron chi connectivity index (χ1n) is 7.23. The molecule has 0 aliphatic carbocycles. The van der Waals surface area contributed by atoms with Gasteiger partial charge in [-0.1, -0.05) is 41.4 Å². The fraction of sp³-hybridized carbons (Fsp3) is 0.118. The summed E-state index contributed by atoms with van der Waals surface area (Å²) in [6.45, 7) is 1.90. The highest BCUT2D eigenvalue weighted by atomic mass is 35.5. The predicted octanol–water partition coefficient (Wildman–Crippen LogP) is 3.88. The molecule has 7 heteroatoms. The molecule has 1 N–H and O–H groups in total. The highest BCUT2D eigenvalue weighted by Gasteiger charge is 2.08. The van der Waals surface area contributed by atoms with Gasteiger partial charge in [0.15, 0.2) is 0 Å². The lowest BCUT2D eigenvalue weighted by Gasteiger charge is -2.06. The molecule has 0 saturated heterocycles. The number of rotatable bonds is 4. The van der Waals surface area contributed by atoms with Crippen molar-refractivity contribution in [2.24, 2.45) is 5.10 Å². The minimum Gasteiger partial charge on any atom is -0.321 e. The van der Waals surface area contributed by atoms with E-state index < -0.39 is 0 Å². The van der Waals surface area contributed by atoms with Crippen LogP contribution in [0.2, 0.25) is 10.0 Å². The van der Waals surface area contributed by atoms with E-state index in [0.717, 1.165) is 16.6 Å². The van der Waals surface area contributed by atoms with Crippen molar-refractivity contribution in [3.8, 4) is 0 Å². The van der Waals surface area contributed by atoms with E-state index >= 15 is 0 Å². The molecule has 0 saturated carbocycles. The number of para-hydroxylation sites is 2. The van der Waals surface area contributed by atoms with Crippen molar-refractivity contribution in [1.29, 1.82) is 0 Å². The molecule has 0 atom stereocenters. The number of hydrogen-bond acceptors (Lipinski definition) is 3. The van der Waals surface area contributed by atoms with Crippen molar-refractivity contribution in [3.05, 3.63) is 64.4 Å². The summed E-state index contributed by atoms with van der Waals surface area (Å²) in [6, 6.07) is 12.7. The molecule has 3 aromatic rings. The van der Waals surface area contributed by atoms with Crippen molar-refractivity contribution < 1.29 is 4.79 Å². The molecule has 122 valence electrons. The van der Waals surface area contributed by atoms with Crippen LogP contribution in [0, 0.1) is 0 Å². The Hall–Kier alpha value is -2.37. The third-order valence-corrected chi connectivity index (χ3v) is 4.06. The zero-order valence-corrected chi connectivity index (χ0v) is 14.3. The van der Waals surface area contributed by atoms with E-state index in [1.54, 1.807) is 36.0 Å². The van der Waals surface area contributed by atoms with Crippen LogP contribution in [-0.4, -0.2) is 21.2 Å². The van der Waals surface area contributed by atoms with Crippen LogP contribution in [0.4, 0.5) is 0 Å². The van der Waals surface area contributed by atoms with Crippen LogP contribution >= 0.6 is 23.2 Å². The molecule has 24 heavy (non-hydrogen) atoms. The Kier molecular flexibility index (Phi) is 4.83. The number of amides is 1. The average Bonchev–Trinajstić information content (AvgIpc) is 2.96. The lowest BCUT2D eigenvalue weighted by Crippen LogP contribution is -2.24. The fourth-order valence-electron chi connectivity index (χ4n) is 2.32. The minimum atomic E-state index is -0.248. The van der Waals surface area contributed by atoms with Gasteiger partial charge < -0.3 is 4.57 Å². The molecule has 1 aromatic heterocycles. The Morgan fingerprint density at radius 1 is 1.25 bits per heavy atom. The molecule has 0 unspecified atom stereocenters. The molecule has 0 aliphatic heterocycles. The first-order chi connectivity index (χ1) is 11.5. The standard InChI is InChI=1S/C17H14Cl2N4O/c1-11(13-7-6-12(18)8-14(13)19)21-22-17(24)9-23-10-20-15-4-2-3-5-16(15)23/h2-8,10H,9H2,1H3,(H,22,24)/b21-11+. The van der Waals surface area contributed by atoms with Crippen molar-refractivity contribution in [1.82, 2.24) is 15.0 Å². The lowest BCUT2D eigenvalue weighted by atomic mass is 10.1. The molecule has 1 amide bonds. The molecule has 0 bridgehead atoms. The van der Waals surface area contributed by atoms with Crippen molar-refractivity contribution in [2.45, 2.75) is 13.5 Å². The summed E-state index contributed by atoms with van der Waals surface area (Å²) in [6.07, 6.45) is 1.64. The van der Waals surface area contributed by atoms with Crippen LogP contribution < -0.4 is 5.43 Å². The number of hydrogen-bond donors (Lipinski definition) is 1. The van der Waals surface area contributed by atoms with Crippen LogP contribution in [-0.2, 0) is 11.3 Å². The normalized spacial score (nSPS) is 11.7. The second-order valence-electron chi connectivity index (χ2n) is 5.22. The Morgan fingerprint density at radius 2 is 2.04 bits per heavy atom. The third kappa shape index (κ3) is 3.58. The smallest absolute Gasteiger partial charge is 0.260 e. The van der Waals surface area contributed by atoms with Crippen molar-refractivity contribution in [2.75, 3.05) is 0 Å². The van der Waals surface area contributed by atoms with Crippen LogP contribution in [0.3, 0.4) is 0 Å². The van der Waals surface area contributed by atoms with Gasteiger partial charge in [-0.15, -0.1) is 0 Å². The van der Waals surface area contributed by atoms with Gasteiger partial charge in [0.2, 0.25) is 0 Å². The van der Waals surface area contributed by atoms with Gasteiger partial charge in [0.1, 0.15) is 6.54 Å². The molecule has 0 fully saturated rings. The van der Waals surface area contributed by atoms with Gasteiger partial charge in [0.25, 0.3) is 5.91 Å². The Balaban J connectivity index is 1.70. The Morgan fingerprint density at radius 3 is 2.83 bits per heavy atom. The number of hydrazone groups is 1. The van der Waals surface area contributed by atoms with E-state index in [1.165, 1.54) is 0 Å². The van der Waals surface area contributed by atoms with Gasteiger partial charge in [-0.2, -0.15) is 5.10 Å². The van der Waals surface area contributed by atoms with Crippen LogP contribution in [0.1, 0.15) is 12.5 Å². The van der Waals surface area contributed by atoms with E-state index in [4.69, 9.17) is 23.2 Å². The maximum atomic E-state index is 12.1. The lowest BCUT2D eigenvalue weighted by molar-refractivity contribution is -0.121. The van der Waals surface area contributed by atoms with Crippen molar-refractivity contribution in [3.63, 3.8) is 0 Å². The number of fused-ring (bicyclic) bond motifs is 1. The highest BCUT2D eigenvalue weighted by Crippen LogP contribution is 2.21. The molecule has 1 heterocycles. The SMILES string of the molecule is C/C(=N\NC(=O)Cn1cnc2ccccc21)c1ccc(Cl)cc1Cl. The Labute approximate surface area is 148 Å². The van der Waals surface area contributed by atoms with Gasteiger partial charge >= 0.3 is 0 Å². The van der Waals surface area contributed by atoms with E-state index in [1.807, 2.05) is 24.3 Å². The summed E-state index contributed by atoms with van der Waals surface area (Å²) >= 11 is 12.0. The highest BCUT2D eigenvalue weighted by molar-refractivity contribution is 6.37. The predicted molar refractivity (Wildman–Crippen MR) is 96.5 cm³/mol. The average molecular weight is 361 g/mol. The zero-order valence-electron chi connectivity index (χ0n) is 12.8. The summed E-state index contributed by atoms with van der Waals surface area (Å²) in [7, 11) is 0. The van der Waals surface area contributed by atoms with E-state index in [2.05, 4.69) is 15.5 Å². The van der Waals surface area contributed by atoms with Gasteiger partial charge in [-0.05, 0) is 31.2 Å². The number of carbonyl (C=O) groups is 1. The quantitative estimate of drug-likeness (QED) is 0.566. The maximum absolute atomic E-state index is 12.1. The summed E-state index contributed by atoms with van der Waals surface area (Å²) < 4.78 is 1.77. The van der Waals surface area contributed by atoms with Gasteiger partial charge in [0.05, 0.1) is 28.1 Å². The summed E-state index contributed by atoms with van der Waals surface area (Å²) in [5, 5.41) is 5.13. The second-order valence-corrected chi connectivity index (χ2v) is 6.06. The largest absolute Gasteiger partial charge is 0.321 e. The van der Waals surface area contributed by atoms with E-state index in [0.29, 0.717) is 15.8 Å². The molecular weight excluding hydrogens is 347 g/mol.